The summed E-state index contributed by atoms with van der Waals surface area (Å²) >= 11 is 0. The van der Waals surface area contributed by atoms with Crippen LogP contribution in [0.1, 0.15) is 12.6 Å². The van der Waals surface area contributed by atoms with Crippen molar-refractivity contribution in [1.29, 1.82) is 0 Å². The molecule has 1 heterocycles. The summed E-state index contributed by atoms with van der Waals surface area (Å²) in [6.45, 7) is 6.92. The summed E-state index contributed by atoms with van der Waals surface area (Å²) in [6.07, 6.45) is 0. The predicted molar refractivity (Wildman–Crippen MR) is 72.2 cm³/mol. The first-order valence-corrected chi connectivity index (χ1v) is 5.79. The number of anilines is 1. The van der Waals surface area contributed by atoms with Gasteiger partial charge in [0.25, 0.3) is 5.56 Å². The van der Waals surface area contributed by atoms with E-state index in [1.807, 2.05) is 0 Å². The number of nitrogens with zero attached hydrogens (tertiary/aromatic N) is 2. The van der Waals surface area contributed by atoms with Crippen molar-refractivity contribution in [2.45, 2.75) is 20.4 Å². The number of amides is 2. The molecule has 0 aliphatic rings. The zero-order valence-electron chi connectivity index (χ0n) is 11.3. The van der Waals surface area contributed by atoms with E-state index in [1.54, 1.807) is 6.92 Å². The number of ether oxygens (including phenoxy) is 1. The maximum Gasteiger partial charge on any atom is 0.333 e. The molecule has 0 bridgehead atoms. The Morgan fingerprint density at radius 2 is 2.20 bits per heavy atom. The van der Waals surface area contributed by atoms with E-state index in [4.69, 9.17) is 10.5 Å². The van der Waals surface area contributed by atoms with Crippen LogP contribution in [0, 0.1) is 6.92 Å². The van der Waals surface area contributed by atoms with Crippen molar-refractivity contribution in [2.24, 2.45) is 5.73 Å². The third-order valence-electron chi connectivity index (χ3n) is 2.36. The average Bonchev–Trinajstić information content (AvgIpc) is 2.31. The topological polar surface area (TPSA) is 116 Å². The number of aryl methyl sites for hydroxylation is 1. The number of nitrogens with two attached hydrogens (primary N) is 1. The highest BCUT2D eigenvalue weighted by Gasteiger charge is 2.10. The average molecular weight is 280 g/mol. The van der Waals surface area contributed by atoms with Gasteiger partial charge in [-0.3, -0.25) is 10.1 Å². The molecule has 0 aliphatic carbocycles. The molecule has 2 amide bonds. The molecular formula is C12H16N4O4. The van der Waals surface area contributed by atoms with Crippen LogP contribution < -0.4 is 16.6 Å². The van der Waals surface area contributed by atoms with Gasteiger partial charge in [-0.05, 0) is 13.8 Å². The van der Waals surface area contributed by atoms with E-state index in [1.165, 1.54) is 17.6 Å². The number of esters is 1. The summed E-state index contributed by atoms with van der Waals surface area (Å²) in [5.41, 5.74) is 5.35. The van der Waals surface area contributed by atoms with Gasteiger partial charge >= 0.3 is 12.0 Å². The third kappa shape index (κ3) is 4.23. The fraction of sp³-hybridized carbons (Fsp3) is 0.333. The van der Waals surface area contributed by atoms with E-state index in [9.17, 15) is 14.4 Å². The number of hydrogen-bond donors (Lipinski definition) is 2. The molecule has 1 rings (SSSR count). The molecular weight excluding hydrogens is 264 g/mol. The summed E-state index contributed by atoms with van der Waals surface area (Å²) in [5, 5.41) is 2.25. The number of carbonyl (C=O) groups is 2. The molecule has 1 aromatic heterocycles. The third-order valence-corrected chi connectivity index (χ3v) is 2.36. The molecule has 0 saturated heterocycles. The molecule has 0 radical (unpaired) electrons. The van der Waals surface area contributed by atoms with E-state index in [0.717, 1.165) is 0 Å². The van der Waals surface area contributed by atoms with Crippen LogP contribution in [0.15, 0.2) is 23.0 Å². The standard InChI is InChI=1S/C12H16N4O4/c1-7(2)10(18)20-5-4-16-8(3)6-9(17)14-12(16)15-11(13)19/h6H,1,4-5H2,2-3H3,(H3,13,14,15,17,19). The van der Waals surface area contributed by atoms with Gasteiger partial charge < -0.3 is 15.0 Å². The van der Waals surface area contributed by atoms with Crippen LogP contribution in [-0.2, 0) is 16.1 Å². The van der Waals surface area contributed by atoms with Gasteiger partial charge in [0.2, 0.25) is 5.95 Å². The molecule has 0 saturated carbocycles. The molecule has 0 aliphatic heterocycles. The van der Waals surface area contributed by atoms with Gasteiger partial charge in [-0.25, -0.2) is 9.59 Å². The molecule has 1 aromatic rings. The minimum atomic E-state index is -0.838. The second-order valence-electron chi connectivity index (χ2n) is 4.12. The second-order valence-corrected chi connectivity index (χ2v) is 4.12. The summed E-state index contributed by atoms with van der Waals surface area (Å²) < 4.78 is 6.46. The molecule has 0 fully saturated rings. The van der Waals surface area contributed by atoms with Gasteiger partial charge in [-0.15, -0.1) is 0 Å². The lowest BCUT2D eigenvalue weighted by molar-refractivity contribution is -0.139. The quantitative estimate of drug-likeness (QED) is 0.588. The smallest absolute Gasteiger partial charge is 0.333 e. The fourth-order valence-electron chi connectivity index (χ4n) is 1.46. The number of nitrogens with one attached hydrogen (secondary N) is 1. The summed E-state index contributed by atoms with van der Waals surface area (Å²) in [5.74, 6) is -0.505. The molecule has 0 spiro atoms. The zero-order valence-corrected chi connectivity index (χ0v) is 11.3. The molecule has 3 N–H and O–H groups in total. The number of primary amides is 1. The largest absolute Gasteiger partial charge is 0.460 e. The van der Waals surface area contributed by atoms with Gasteiger partial charge in [0, 0.05) is 17.3 Å². The first-order chi connectivity index (χ1) is 9.31. The van der Waals surface area contributed by atoms with Crippen LogP contribution in [0.3, 0.4) is 0 Å². The Morgan fingerprint density at radius 3 is 2.75 bits per heavy atom. The van der Waals surface area contributed by atoms with Crippen LogP contribution >= 0.6 is 0 Å². The second kappa shape index (κ2) is 6.50. The molecule has 0 aromatic carbocycles. The van der Waals surface area contributed by atoms with Gasteiger partial charge in [-0.1, -0.05) is 6.58 Å². The first kappa shape index (κ1) is 15.4. The van der Waals surface area contributed by atoms with Crippen molar-refractivity contribution in [3.05, 3.63) is 34.3 Å². The SMILES string of the molecule is C=C(C)C(=O)OCCn1c(C)cc(=O)nc1NC(N)=O. The minimum Gasteiger partial charge on any atom is -0.460 e. The Morgan fingerprint density at radius 1 is 1.55 bits per heavy atom. The van der Waals surface area contributed by atoms with Crippen molar-refractivity contribution in [1.82, 2.24) is 9.55 Å². The van der Waals surface area contributed by atoms with Crippen molar-refractivity contribution < 1.29 is 14.3 Å². The van der Waals surface area contributed by atoms with Crippen molar-refractivity contribution in [2.75, 3.05) is 11.9 Å². The summed E-state index contributed by atoms with van der Waals surface area (Å²) in [7, 11) is 0. The van der Waals surface area contributed by atoms with Gasteiger partial charge in [0.1, 0.15) is 6.61 Å². The number of carbonyl (C=O) groups excluding carboxylic acids is 2. The number of aromatic nitrogens is 2. The fourth-order valence-corrected chi connectivity index (χ4v) is 1.46. The monoisotopic (exact) mass is 280 g/mol. The maximum absolute atomic E-state index is 11.3. The molecule has 0 atom stereocenters. The van der Waals surface area contributed by atoms with Crippen molar-refractivity contribution >= 4 is 17.9 Å². The highest BCUT2D eigenvalue weighted by Crippen LogP contribution is 2.06. The van der Waals surface area contributed by atoms with Gasteiger partial charge in [0.15, 0.2) is 0 Å². The van der Waals surface area contributed by atoms with Gasteiger partial charge in [-0.2, -0.15) is 4.98 Å². The minimum absolute atomic E-state index is 0.00822. The van der Waals surface area contributed by atoms with E-state index >= 15 is 0 Å². The van der Waals surface area contributed by atoms with Crippen molar-refractivity contribution in [3.63, 3.8) is 0 Å². The maximum atomic E-state index is 11.3. The Hall–Kier alpha value is -2.64. The first-order valence-electron chi connectivity index (χ1n) is 5.79. The van der Waals surface area contributed by atoms with Crippen molar-refractivity contribution in [3.8, 4) is 0 Å². The molecule has 8 heteroatoms. The Balaban J connectivity index is 2.87. The van der Waals surface area contributed by atoms with E-state index in [0.29, 0.717) is 5.69 Å². The Bertz CT molecular complexity index is 606. The Labute approximate surface area is 115 Å². The summed E-state index contributed by atoms with van der Waals surface area (Å²) in [6, 6.07) is 0.461. The van der Waals surface area contributed by atoms with E-state index in [2.05, 4.69) is 16.9 Å². The summed E-state index contributed by atoms with van der Waals surface area (Å²) in [4.78, 5) is 37.1. The van der Waals surface area contributed by atoms with Crippen LogP contribution in [0.5, 0.6) is 0 Å². The van der Waals surface area contributed by atoms with Crippen LogP contribution in [0.2, 0.25) is 0 Å². The molecule has 8 nitrogen and oxygen atoms in total. The van der Waals surface area contributed by atoms with Crippen LogP contribution in [-0.4, -0.2) is 28.2 Å². The number of urea groups is 1. The normalized spacial score (nSPS) is 9.90. The number of rotatable bonds is 5. The number of hydrogen-bond acceptors (Lipinski definition) is 5. The highest BCUT2D eigenvalue weighted by molar-refractivity contribution is 5.87. The van der Waals surface area contributed by atoms with Gasteiger partial charge in [0.05, 0.1) is 6.54 Å². The van der Waals surface area contributed by atoms with Crippen LogP contribution in [0.25, 0.3) is 0 Å². The van der Waals surface area contributed by atoms with Crippen LogP contribution in [0.4, 0.5) is 10.7 Å². The highest BCUT2D eigenvalue weighted by atomic mass is 16.5. The molecule has 20 heavy (non-hydrogen) atoms. The Kier molecular flexibility index (Phi) is 5.01. The lowest BCUT2D eigenvalue weighted by atomic mass is 10.4. The molecule has 0 unspecified atom stereocenters. The molecule has 108 valence electrons. The lowest BCUT2D eigenvalue weighted by Gasteiger charge is -2.15. The van der Waals surface area contributed by atoms with E-state index in [-0.39, 0.29) is 24.7 Å². The lowest BCUT2D eigenvalue weighted by Crippen LogP contribution is -2.28. The predicted octanol–water partition coefficient (Wildman–Crippen LogP) is 0.162. The zero-order chi connectivity index (χ0) is 15.3. The van der Waals surface area contributed by atoms with E-state index < -0.39 is 17.6 Å².